The molecule has 0 aliphatic carbocycles. The molecule has 4 rings (SSSR count). The molecular weight excluding hydrogens is 410 g/mol. The van der Waals surface area contributed by atoms with Crippen LogP contribution in [0.25, 0.3) is 11.3 Å². The van der Waals surface area contributed by atoms with E-state index in [1.165, 1.54) is 11.3 Å². The van der Waals surface area contributed by atoms with Gasteiger partial charge in [-0.05, 0) is 31.2 Å². The number of amides is 3. The van der Waals surface area contributed by atoms with E-state index < -0.39 is 0 Å². The number of nitrogens with one attached hydrogen (secondary N) is 1. The molecule has 0 saturated heterocycles. The fourth-order valence-corrected chi connectivity index (χ4v) is 4.23. The fourth-order valence-electron chi connectivity index (χ4n) is 3.19. The predicted molar refractivity (Wildman–Crippen MR) is 112 cm³/mol. The minimum atomic E-state index is -0.369. The summed E-state index contributed by atoms with van der Waals surface area (Å²) in [5, 5.41) is 3.82. The largest absolute Gasteiger partial charge is 0.302 e. The number of nitrogens with zero attached hydrogens (tertiary/aromatic N) is 2. The first-order valence-corrected chi connectivity index (χ1v) is 10.1. The summed E-state index contributed by atoms with van der Waals surface area (Å²) in [5.41, 5.74) is 2.38. The molecule has 2 heterocycles. The first-order valence-electron chi connectivity index (χ1n) is 8.92. The van der Waals surface area contributed by atoms with E-state index >= 15 is 0 Å². The lowest BCUT2D eigenvalue weighted by Gasteiger charge is -2.12. The Balaban J connectivity index is 1.41. The number of aryl methyl sites for hydroxylation is 1. The second-order valence-electron chi connectivity index (χ2n) is 6.54. The Morgan fingerprint density at radius 1 is 1.10 bits per heavy atom. The number of anilines is 1. The fraction of sp³-hybridized carbons (Fsp3) is 0.143. The SMILES string of the molecule is Cc1sc(NC(=O)CCN2C(=O)c3ccccc3C2=O)nc1-c1cccc(Cl)c1. The van der Waals surface area contributed by atoms with Gasteiger partial charge in [0.15, 0.2) is 5.13 Å². The van der Waals surface area contributed by atoms with Crippen LogP contribution in [0.4, 0.5) is 5.13 Å². The van der Waals surface area contributed by atoms with Crippen molar-refractivity contribution in [3.63, 3.8) is 0 Å². The molecule has 1 N–H and O–H groups in total. The normalized spacial score (nSPS) is 13.0. The standard InChI is InChI=1S/C21H16ClN3O3S/c1-12-18(13-5-4-6-14(22)11-13)24-21(29-12)23-17(26)9-10-25-19(27)15-7-2-3-8-16(15)20(25)28/h2-8,11H,9-10H2,1H3,(H,23,24,26). The number of hydrogen-bond acceptors (Lipinski definition) is 5. The summed E-state index contributed by atoms with van der Waals surface area (Å²) in [5.74, 6) is -1.05. The Hall–Kier alpha value is -3.03. The van der Waals surface area contributed by atoms with Gasteiger partial charge in [-0.1, -0.05) is 35.9 Å². The summed E-state index contributed by atoms with van der Waals surface area (Å²) >= 11 is 7.40. The molecule has 29 heavy (non-hydrogen) atoms. The summed E-state index contributed by atoms with van der Waals surface area (Å²) < 4.78 is 0. The number of thiazole rings is 1. The lowest BCUT2D eigenvalue weighted by molar-refractivity contribution is -0.116. The van der Waals surface area contributed by atoms with E-state index in [1.807, 2.05) is 25.1 Å². The molecule has 0 radical (unpaired) electrons. The van der Waals surface area contributed by atoms with Gasteiger partial charge in [0, 0.05) is 28.4 Å². The van der Waals surface area contributed by atoms with Crippen LogP contribution in [0.2, 0.25) is 5.02 Å². The van der Waals surface area contributed by atoms with Crippen LogP contribution < -0.4 is 5.32 Å². The lowest BCUT2D eigenvalue weighted by Crippen LogP contribution is -2.32. The van der Waals surface area contributed by atoms with Crippen molar-refractivity contribution < 1.29 is 14.4 Å². The molecule has 146 valence electrons. The van der Waals surface area contributed by atoms with E-state index in [0.29, 0.717) is 21.3 Å². The molecule has 1 aliphatic rings. The number of aromatic nitrogens is 1. The summed E-state index contributed by atoms with van der Waals surface area (Å²) in [6.45, 7) is 1.94. The number of imide groups is 1. The Morgan fingerprint density at radius 2 is 1.79 bits per heavy atom. The maximum atomic E-state index is 12.4. The van der Waals surface area contributed by atoms with Gasteiger partial charge in [0.2, 0.25) is 5.91 Å². The van der Waals surface area contributed by atoms with Crippen molar-refractivity contribution in [1.82, 2.24) is 9.88 Å². The zero-order valence-corrected chi connectivity index (χ0v) is 17.0. The maximum absolute atomic E-state index is 12.4. The van der Waals surface area contributed by atoms with Crippen LogP contribution in [-0.4, -0.2) is 34.2 Å². The second-order valence-corrected chi connectivity index (χ2v) is 8.18. The molecule has 0 spiro atoms. The molecule has 0 saturated carbocycles. The number of carbonyl (C=O) groups is 3. The molecule has 0 fully saturated rings. The predicted octanol–water partition coefficient (Wildman–Crippen LogP) is 4.40. The van der Waals surface area contributed by atoms with Gasteiger partial charge in [0.05, 0.1) is 16.8 Å². The highest BCUT2D eigenvalue weighted by atomic mass is 35.5. The highest BCUT2D eigenvalue weighted by molar-refractivity contribution is 7.16. The highest BCUT2D eigenvalue weighted by Crippen LogP contribution is 2.31. The van der Waals surface area contributed by atoms with Gasteiger partial charge >= 0.3 is 0 Å². The molecular formula is C21H16ClN3O3S. The first kappa shape index (κ1) is 19.3. The highest BCUT2D eigenvalue weighted by Gasteiger charge is 2.35. The molecule has 0 unspecified atom stereocenters. The van der Waals surface area contributed by atoms with Crippen LogP contribution in [0.15, 0.2) is 48.5 Å². The van der Waals surface area contributed by atoms with E-state index in [2.05, 4.69) is 10.3 Å². The molecule has 1 aromatic heterocycles. The van der Waals surface area contributed by atoms with Gasteiger partial charge in [0.1, 0.15) is 0 Å². The Bertz CT molecular complexity index is 1110. The number of hydrogen-bond donors (Lipinski definition) is 1. The number of benzene rings is 2. The van der Waals surface area contributed by atoms with Crippen molar-refractivity contribution in [2.24, 2.45) is 0 Å². The third-order valence-corrected chi connectivity index (χ3v) is 5.70. The van der Waals surface area contributed by atoms with Gasteiger partial charge in [-0.2, -0.15) is 0 Å². The summed E-state index contributed by atoms with van der Waals surface area (Å²) in [7, 11) is 0. The van der Waals surface area contributed by atoms with Gasteiger partial charge in [0.25, 0.3) is 11.8 Å². The topological polar surface area (TPSA) is 79.4 Å². The molecule has 1 aliphatic heterocycles. The summed E-state index contributed by atoms with van der Waals surface area (Å²) in [4.78, 5) is 43.6. The number of rotatable bonds is 5. The van der Waals surface area contributed by atoms with Crippen molar-refractivity contribution in [3.8, 4) is 11.3 Å². The van der Waals surface area contributed by atoms with Crippen molar-refractivity contribution in [3.05, 3.63) is 69.6 Å². The zero-order valence-electron chi connectivity index (χ0n) is 15.4. The van der Waals surface area contributed by atoms with Crippen molar-refractivity contribution in [1.29, 1.82) is 0 Å². The van der Waals surface area contributed by atoms with Crippen LogP contribution in [-0.2, 0) is 4.79 Å². The van der Waals surface area contributed by atoms with Gasteiger partial charge in [-0.3, -0.25) is 19.3 Å². The molecule has 2 aromatic carbocycles. The second kappa shape index (κ2) is 7.77. The number of fused-ring (bicyclic) bond motifs is 1. The molecule has 8 heteroatoms. The van der Waals surface area contributed by atoms with Crippen molar-refractivity contribution >= 4 is 45.8 Å². The monoisotopic (exact) mass is 425 g/mol. The Kier molecular flexibility index (Phi) is 5.17. The minimum absolute atomic E-state index is 0.00338. The van der Waals surface area contributed by atoms with Crippen LogP contribution in [0.1, 0.15) is 32.0 Å². The zero-order chi connectivity index (χ0) is 20.5. The minimum Gasteiger partial charge on any atom is -0.302 e. The van der Waals surface area contributed by atoms with Crippen LogP contribution >= 0.6 is 22.9 Å². The van der Waals surface area contributed by atoms with Crippen LogP contribution in [0.3, 0.4) is 0 Å². The van der Waals surface area contributed by atoms with E-state index in [-0.39, 0.29) is 30.7 Å². The third-order valence-electron chi connectivity index (χ3n) is 4.58. The summed E-state index contributed by atoms with van der Waals surface area (Å²) in [6.07, 6.45) is -0.00338. The lowest BCUT2D eigenvalue weighted by atomic mass is 10.1. The molecule has 0 bridgehead atoms. The van der Waals surface area contributed by atoms with Crippen LogP contribution in [0.5, 0.6) is 0 Å². The number of halogens is 1. The number of carbonyl (C=O) groups excluding carboxylic acids is 3. The summed E-state index contributed by atoms with van der Waals surface area (Å²) in [6, 6.07) is 14.0. The van der Waals surface area contributed by atoms with E-state index in [4.69, 9.17) is 11.6 Å². The van der Waals surface area contributed by atoms with Crippen molar-refractivity contribution in [2.45, 2.75) is 13.3 Å². The molecule has 3 aromatic rings. The van der Waals surface area contributed by atoms with Gasteiger partial charge in [-0.15, -0.1) is 11.3 Å². The maximum Gasteiger partial charge on any atom is 0.261 e. The molecule has 0 atom stereocenters. The van der Waals surface area contributed by atoms with E-state index in [0.717, 1.165) is 21.0 Å². The average Bonchev–Trinajstić information content (AvgIpc) is 3.18. The van der Waals surface area contributed by atoms with Gasteiger partial charge in [-0.25, -0.2) is 4.98 Å². The van der Waals surface area contributed by atoms with Crippen LogP contribution in [0, 0.1) is 6.92 Å². The van der Waals surface area contributed by atoms with E-state index in [1.54, 1.807) is 30.3 Å². The first-order chi connectivity index (χ1) is 13.9. The quantitative estimate of drug-likeness (QED) is 0.614. The third kappa shape index (κ3) is 3.79. The van der Waals surface area contributed by atoms with E-state index in [9.17, 15) is 14.4 Å². The van der Waals surface area contributed by atoms with Gasteiger partial charge < -0.3 is 5.32 Å². The molecule has 3 amide bonds. The Labute approximate surface area is 176 Å². The smallest absolute Gasteiger partial charge is 0.261 e. The van der Waals surface area contributed by atoms with Crippen molar-refractivity contribution in [2.75, 3.05) is 11.9 Å². The molecule has 6 nitrogen and oxygen atoms in total. The average molecular weight is 426 g/mol. The Morgan fingerprint density at radius 3 is 2.45 bits per heavy atom.